The van der Waals surface area contributed by atoms with Crippen LogP contribution >= 0.6 is 11.6 Å². The van der Waals surface area contributed by atoms with E-state index >= 15 is 0 Å². The zero-order chi connectivity index (χ0) is 22.5. The molecule has 0 aliphatic carbocycles. The zero-order valence-electron chi connectivity index (χ0n) is 17.7. The third-order valence-corrected chi connectivity index (χ3v) is 5.82. The summed E-state index contributed by atoms with van der Waals surface area (Å²) in [5, 5.41) is 6.57. The maximum atomic E-state index is 13.9. The Hall–Kier alpha value is -3.05. The van der Waals surface area contributed by atoms with E-state index in [9.17, 15) is 9.18 Å². The van der Waals surface area contributed by atoms with Gasteiger partial charge in [-0.05, 0) is 48.4 Å². The third kappa shape index (κ3) is 5.05. The molecular formula is C24H24ClFN4O2. The third-order valence-electron chi connectivity index (χ3n) is 5.57. The number of nitrogens with zero attached hydrogens (tertiary/aromatic N) is 2. The first-order valence-electron chi connectivity index (χ1n) is 10.4. The summed E-state index contributed by atoms with van der Waals surface area (Å²) in [6.45, 7) is 2.96. The number of nitrogens with one attached hydrogen (secondary N) is 2. The van der Waals surface area contributed by atoms with Crippen LogP contribution in [0.2, 0.25) is 5.02 Å². The summed E-state index contributed by atoms with van der Waals surface area (Å²) in [5.41, 5.74) is 3.12. The van der Waals surface area contributed by atoms with Gasteiger partial charge in [-0.2, -0.15) is 0 Å². The highest BCUT2D eigenvalue weighted by Gasteiger charge is 2.30. The molecule has 1 saturated heterocycles. The van der Waals surface area contributed by atoms with Gasteiger partial charge in [0.2, 0.25) is 5.91 Å². The number of benzene rings is 2. The molecular weight excluding hydrogens is 431 g/mol. The zero-order valence-corrected chi connectivity index (χ0v) is 18.5. The van der Waals surface area contributed by atoms with E-state index in [4.69, 9.17) is 16.3 Å². The number of fused-ring (bicyclic) bond motifs is 1. The van der Waals surface area contributed by atoms with Crippen molar-refractivity contribution in [2.24, 2.45) is 0 Å². The second-order valence-corrected chi connectivity index (χ2v) is 8.04. The molecule has 166 valence electrons. The van der Waals surface area contributed by atoms with Gasteiger partial charge in [0.15, 0.2) is 0 Å². The monoisotopic (exact) mass is 454 g/mol. The van der Waals surface area contributed by atoms with Gasteiger partial charge in [0.25, 0.3) is 0 Å². The standard InChI is InChI=1S/C24H24ClFN4O2/c1-32-16-23(24(31)28-19-7-4-17(25)5-8-19)30-13-11-29(12-14-30)22-3-2-10-27-21-9-6-18(26)15-20(21)22/h3-9,15,23,27H,11-14,16H2,1H3,(H,28,31). The van der Waals surface area contributed by atoms with E-state index in [1.807, 2.05) is 6.08 Å². The molecule has 1 amide bonds. The summed E-state index contributed by atoms with van der Waals surface area (Å²) < 4.78 is 19.3. The minimum Gasteiger partial charge on any atom is -0.383 e. The lowest BCUT2D eigenvalue weighted by molar-refractivity contribution is -0.123. The number of carbonyl (C=O) groups is 1. The highest BCUT2D eigenvalue weighted by Crippen LogP contribution is 2.30. The van der Waals surface area contributed by atoms with E-state index in [0.717, 1.165) is 16.9 Å². The number of carbonyl (C=O) groups excluding carboxylic acids is 1. The SMILES string of the molecule is COCC(C(=O)Nc1ccc(Cl)cc1)N1CCN(C2=CC#CNc3ccc(F)cc32)CC1. The first kappa shape index (κ1) is 22.2. The largest absolute Gasteiger partial charge is 0.383 e. The molecule has 0 bridgehead atoms. The number of anilines is 2. The summed E-state index contributed by atoms with van der Waals surface area (Å²) in [4.78, 5) is 17.2. The number of halogens is 2. The smallest absolute Gasteiger partial charge is 0.244 e. The quantitative estimate of drug-likeness (QED) is 0.654. The van der Waals surface area contributed by atoms with Gasteiger partial charge in [-0.15, -0.1) is 0 Å². The number of piperazine rings is 1. The van der Waals surface area contributed by atoms with Crippen LogP contribution < -0.4 is 10.6 Å². The molecule has 6 nitrogen and oxygen atoms in total. The number of methoxy groups -OCH3 is 1. The summed E-state index contributed by atoms with van der Waals surface area (Å²) in [5.74, 6) is 2.55. The number of hydrogen-bond acceptors (Lipinski definition) is 5. The van der Waals surface area contributed by atoms with Gasteiger partial charge in [-0.1, -0.05) is 11.6 Å². The van der Waals surface area contributed by atoms with E-state index in [0.29, 0.717) is 36.9 Å². The molecule has 0 spiro atoms. The molecule has 0 radical (unpaired) electrons. The lowest BCUT2D eigenvalue weighted by Crippen LogP contribution is -2.54. The maximum absolute atomic E-state index is 13.9. The lowest BCUT2D eigenvalue weighted by atomic mass is 10.1. The average molecular weight is 455 g/mol. The number of allylic oxidation sites excluding steroid dienone is 1. The van der Waals surface area contributed by atoms with E-state index in [2.05, 4.69) is 32.4 Å². The van der Waals surface area contributed by atoms with Crippen molar-refractivity contribution in [2.45, 2.75) is 6.04 Å². The van der Waals surface area contributed by atoms with Gasteiger partial charge in [0, 0.05) is 61.7 Å². The Morgan fingerprint density at radius 1 is 1.22 bits per heavy atom. The maximum Gasteiger partial charge on any atom is 0.244 e. The highest BCUT2D eigenvalue weighted by atomic mass is 35.5. The van der Waals surface area contributed by atoms with Crippen LogP contribution in [0.3, 0.4) is 0 Å². The second-order valence-electron chi connectivity index (χ2n) is 7.60. The van der Waals surface area contributed by atoms with Crippen LogP contribution in [0.1, 0.15) is 5.56 Å². The van der Waals surface area contributed by atoms with Crippen molar-refractivity contribution in [1.82, 2.24) is 9.80 Å². The van der Waals surface area contributed by atoms with Crippen molar-refractivity contribution in [1.29, 1.82) is 0 Å². The molecule has 1 unspecified atom stereocenters. The Kier molecular flexibility index (Phi) is 6.96. The van der Waals surface area contributed by atoms with Crippen molar-refractivity contribution >= 4 is 34.6 Å². The Morgan fingerprint density at radius 3 is 2.69 bits per heavy atom. The molecule has 8 heteroatoms. The molecule has 0 saturated carbocycles. The summed E-state index contributed by atoms with van der Waals surface area (Å²) in [7, 11) is 1.59. The number of rotatable bonds is 6. The molecule has 0 aromatic heterocycles. The van der Waals surface area contributed by atoms with Crippen molar-refractivity contribution in [3.05, 3.63) is 64.9 Å². The van der Waals surface area contributed by atoms with E-state index in [1.54, 1.807) is 37.4 Å². The predicted molar refractivity (Wildman–Crippen MR) is 125 cm³/mol. The highest BCUT2D eigenvalue weighted by molar-refractivity contribution is 6.30. The first-order valence-corrected chi connectivity index (χ1v) is 10.7. The molecule has 32 heavy (non-hydrogen) atoms. The van der Waals surface area contributed by atoms with Crippen LogP contribution in [-0.2, 0) is 9.53 Å². The van der Waals surface area contributed by atoms with Crippen LogP contribution in [0, 0.1) is 17.8 Å². The molecule has 1 fully saturated rings. The fourth-order valence-electron chi connectivity index (χ4n) is 3.92. The van der Waals surface area contributed by atoms with Crippen LogP contribution in [-0.4, -0.2) is 61.6 Å². The Balaban J connectivity index is 1.44. The molecule has 2 aromatic carbocycles. The minimum atomic E-state index is -0.424. The number of hydrogen-bond donors (Lipinski definition) is 2. The first-order chi connectivity index (χ1) is 15.5. The minimum absolute atomic E-state index is 0.126. The van der Waals surface area contributed by atoms with Gasteiger partial charge in [0.05, 0.1) is 18.0 Å². The van der Waals surface area contributed by atoms with Crippen LogP contribution in [0.5, 0.6) is 0 Å². The van der Waals surface area contributed by atoms with Crippen LogP contribution in [0.4, 0.5) is 15.8 Å². The summed E-state index contributed by atoms with van der Waals surface area (Å²) in [6.07, 6.45) is 1.81. The molecule has 2 aliphatic rings. The Bertz CT molecular complexity index is 1070. The number of amides is 1. The molecule has 1 atom stereocenters. The lowest BCUT2D eigenvalue weighted by Gasteiger charge is -2.40. The van der Waals surface area contributed by atoms with E-state index < -0.39 is 6.04 Å². The topological polar surface area (TPSA) is 56.8 Å². The molecule has 2 N–H and O–H groups in total. The van der Waals surface area contributed by atoms with Gasteiger partial charge in [-0.25, -0.2) is 4.39 Å². The van der Waals surface area contributed by atoms with Gasteiger partial charge in [0.1, 0.15) is 11.9 Å². The molecule has 2 heterocycles. The van der Waals surface area contributed by atoms with Gasteiger partial charge in [-0.3, -0.25) is 9.69 Å². The molecule has 2 aliphatic heterocycles. The predicted octanol–water partition coefficient (Wildman–Crippen LogP) is 3.48. The molecule has 2 aromatic rings. The second kappa shape index (κ2) is 10.0. The van der Waals surface area contributed by atoms with Gasteiger partial charge >= 0.3 is 0 Å². The molecule has 4 rings (SSSR count). The van der Waals surface area contributed by atoms with Crippen molar-refractivity contribution in [3.63, 3.8) is 0 Å². The normalized spacial score (nSPS) is 16.6. The summed E-state index contributed by atoms with van der Waals surface area (Å²) >= 11 is 5.93. The average Bonchev–Trinajstić information content (AvgIpc) is 3.01. The summed E-state index contributed by atoms with van der Waals surface area (Å²) in [6, 6.07) is 14.1. The van der Waals surface area contributed by atoms with Crippen LogP contribution in [0.25, 0.3) is 5.70 Å². The Morgan fingerprint density at radius 2 is 1.97 bits per heavy atom. The van der Waals surface area contributed by atoms with Crippen LogP contribution in [0.15, 0.2) is 48.5 Å². The van der Waals surface area contributed by atoms with Gasteiger partial charge < -0.3 is 20.3 Å². The van der Waals surface area contributed by atoms with E-state index in [-0.39, 0.29) is 18.3 Å². The fraction of sp³-hybridized carbons (Fsp3) is 0.292. The van der Waals surface area contributed by atoms with Crippen molar-refractivity contribution < 1.29 is 13.9 Å². The fourth-order valence-corrected chi connectivity index (χ4v) is 4.05. The van der Waals surface area contributed by atoms with Crippen molar-refractivity contribution in [2.75, 3.05) is 50.5 Å². The van der Waals surface area contributed by atoms with Crippen molar-refractivity contribution in [3.8, 4) is 12.0 Å². The van der Waals surface area contributed by atoms with E-state index in [1.165, 1.54) is 12.1 Å². The Labute approximate surface area is 192 Å². The number of ether oxygens (including phenoxy) is 1.